The van der Waals surface area contributed by atoms with Crippen molar-refractivity contribution in [3.8, 4) is 0 Å². The van der Waals surface area contributed by atoms with Crippen LogP contribution < -0.4 is 5.32 Å². The molecule has 0 aromatic heterocycles. The lowest BCUT2D eigenvalue weighted by Crippen LogP contribution is -2.31. The highest BCUT2D eigenvalue weighted by molar-refractivity contribution is 5.31. The Morgan fingerprint density at radius 2 is 2.19 bits per heavy atom. The summed E-state index contributed by atoms with van der Waals surface area (Å²) >= 11 is 0. The molecule has 0 spiro atoms. The average molecular weight is 217 g/mol. The lowest BCUT2D eigenvalue weighted by molar-refractivity contribution is 0.0818. The molecular weight excluding hydrogens is 198 g/mol. The molecule has 16 heavy (non-hydrogen) atoms. The number of hydrogen-bond donors (Lipinski definition) is 1. The van der Waals surface area contributed by atoms with E-state index in [0.717, 1.165) is 31.6 Å². The van der Waals surface area contributed by atoms with Gasteiger partial charge in [0, 0.05) is 0 Å². The summed E-state index contributed by atoms with van der Waals surface area (Å²) in [6.45, 7) is 5.06. The van der Waals surface area contributed by atoms with Crippen molar-refractivity contribution in [2.75, 3.05) is 13.2 Å². The lowest BCUT2D eigenvalue weighted by atomic mass is 9.99. The topological polar surface area (TPSA) is 21.3 Å². The number of hydrogen-bond acceptors (Lipinski definition) is 2. The molecule has 2 heteroatoms. The molecular formula is C14H19NO. The number of ether oxygens (including phenoxy) is 1. The van der Waals surface area contributed by atoms with Crippen LogP contribution in [0.4, 0.5) is 0 Å². The van der Waals surface area contributed by atoms with Gasteiger partial charge in [0.15, 0.2) is 0 Å². The van der Waals surface area contributed by atoms with Gasteiger partial charge in [-0.15, -0.1) is 0 Å². The minimum atomic E-state index is 0.401. The largest absolute Gasteiger partial charge is 0.375 e. The second kappa shape index (κ2) is 4.19. The average Bonchev–Trinajstić information content (AvgIpc) is 3.03. The number of nitrogens with one attached hydrogen (secondary N) is 1. The van der Waals surface area contributed by atoms with E-state index >= 15 is 0 Å². The molecule has 0 amide bonds. The first kappa shape index (κ1) is 10.3. The second-order valence-corrected chi connectivity index (χ2v) is 5.15. The molecule has 2 nitrogen and oxygen atoms in total. The van der Waals surface area contributed by atoms with Crippen molar-refractivity contribution in [2.24, 2.45) is 11.8 Å². The summed E-state index contributed by atoms with van der Waals surface area (Å²) in [5.74, 6) is 1.82. The monoisotopic (exact) mass is 217 g/mol. The van der Waals surface area contributed by atoms with Crippen LogP contribution in [0.5, 0.6) is 0 Å². The standard InChI is InChI=1S/C14H19NO/c1-10-6-12(10)7-15-14-9-16-8-11-4-2-3-5-13(11)14/h2-5,10,12,14-15H,6-9H2,1H3. The van der Waals surface area contributed by atoms with E-state index in [1.165, 1.54) is 17.5 Å². The van der Waals surface area contributed by atoms with Crippen LogP contribution in [-0.2, 0) is 11.3 Å². The molecule has 1 N–H and O–H groups in total. The lowest BCUT2D eigenvalue weighted by Gasteiger charge is -2.26. The number of rotatable bonds is 3. The van der Waals surface area contributed by atoms with Gasteiger partial charge in [-0.05, 0) is 35.9 Å². The Bertz CT molecular complexity index is 377. The zero-order valence-corrected chi connectivity index (χ0v) is 9.78. The third-order valence-corrected chi connectivity index (χ3v) is 3.88. The fraction of sp³-hybridized carbons (Fsp3) is 0.571. The Hall–Kier alpha value is -0.860. The quantitative estimate of drug-likeness (QED) is 0.840. The van der Waals surface area contributed by atoms with Gasteiger partial charge in [0.2, 0.25) is 0 Å². The van der Waals surface area contributed by atoms with Gasteiger partial charge in [-0.1, -0.05) is 31.2 Å². The van der Waals surface area contributed by atoms with Crippen LogP contribution in [0.1, 0.15) is 30.5 Å². The van der Waals surface area contributed by atoms with Crippen LogP contribution in [0.15, 0.2) is 24.3 Å². The van der Waals surface area contributed by atoms with E-state index in [4.69, 9.17) is 4.74 Å². The van der Waals surface area contributed by atoms with Gasteiger partial charge >= 0.3 is 0 Å². The van der Waals surface area contributed by atoms with Crippen molar-refractivity contribution < 1.29 is 4.74 Å². The van der Waals surface area contributed by atoms with Gasteiger partial charge in [-0.3, -0.25) is 0 Å². The molecule has 3 rings (SSSR count). The molecule has 0 radical (unpaired) electrons. The predicted molar refractivity (Wildman–Crippen MR) is 64.1 cm³/mol. The molecule has 1 fully saturated rings. The van der Waals surface area contributed by atoms with E-state index in [0.29, 0.717) is 6.04 Å². The SMILES string of the molecule is CC1CC1CNC1COCc2ccccc21. The fourth-order valence-electron chi connectivity index (χ4n) is 2.53. The van der Waals surface area contributed by atoms with Crippen LogP contribution in [-0.4, -0.2) is 13.2 Å². The molecule has 0 saturated heterocycles. The molecule has 1 aromatic rings. The van der Waals surface area contributed by atoms with Crippen molar-refractivity contribution in [3.63, 3.8) is 0 Å². The molecule has 86 valence electrons. The summed E-state index contributed by atoms with van der Waals surface area (Å²) in [7, 11) is 0. The molecule has 3 atom stereocenters. The van der Waals surface area contributed by atoms with Gasteiger partial charge in [0.25, 0.3) is 0 Å². The van der Waals surface area contributed by atoms with Crippen molar-refractivity contribution in [1.82, 2.24) is 5.32 Å². The van der Waals surface area contributed by atoms with E-state index in [9.17, 15) is 0 Å². The van der Waals surface area contributed by atoms with E-state index in [1.807, 2.05) is 0 Å². The number of fused-ring (bicyclic) bond motifs is 1. The Balaban J connectivity index is 1.67. The van der Waals surface area contributed by atoms with Crippen LogP contribution in [0.2, 0.25) is 0 Å². The molecule has 2 aliphatic rings. The third kappa shape index (κ3) is 2.00. The maximum Gasteiger partial charge on any atom is 0.0721 e. The summed E-state index contributed by atoms with van der Waals surface area (Å²) in [5.41, 5.74) is 2.78. The Morgan fingerprint density at radius 1 is 1.38 bits per heavy atom. The van der Waals surface area contributed by atoms with Crippen LogP contribution in [0.3, 0.4) is 0 Å². The Labute approximate surface area is 97.0 Å². The zero-order valence-electron chi connectivity index (χ0n) is 9.78. The van der Waals surface area contributed by atoms with Crippen molar-refractivity contribution in [1.29, 1.82) is 0 Å². The smallest absolute Gasteiger partial charge is 0.0721 e. The molecule has 3 unspecified atom stereocenters. The van der Waals surface area contributed by atoms with Crippen molar-refractivity contribution >= 4 is 0 Å². The van der Waals surface area contributed by atoms with Gasteiger partial charge in [0.05, 0.1) is 19.3 Å². The first-order chi connectivity index (χ1) is 7.84. The highest BCUT2D eigenvalue weighted by Crippen LogP contribution is 2.37. The summed E-state index contributed by atoms with van der Waals surface area (Å²) in [6, 6.07) is 9.01. The van der Waals surface area contributed by atoms with Crippen LogP contribution in [0.25, 0.3) is 0 Å². The highest BCUT2D eigenvalue weighted by Gasteiger charge is 2.33. The van der Waals surface area contributed by atoms with Crippen LogP contribution >= 0.6 is 0 Å². The van der Waals surface area contributed by atoms with E-state index in [1.54, 1.807) is 0 Å². The zero-order chi connectivity index (χ0) is 11.0. The maximum absolute atomic E-state index is 5.63. The molecule has 1 aromatic carbocycles. The van der Waals surface area contributed by atoms with E-state index < -0.39 is 0 Å². The van der Waals surface area contributed by atoms with Gasteiger partial charge < -0.3 is 10.1 Å². The summed E-state index contributed by atoms with van der Waals surface area (Å²) in [5, 5.41) is 3.65. The van der Waals surface area contributed by atoms with Gasteiger partial charge in [-0.25, -0.2) is 0 Å². The summed E-state index contributed by atoms with van der Waals surface area (Å²) < 4.78 is 5.63. The Morgan fingerprint density at radius 3 is 3.00 bits per heavy atom. The molecule has 1 aliphatic carbocycles. The Kier molecular flexibility index (Phi) is 2.70. The van der Waals surface area contributed by atoms with Gasteiger partial charge in [0.1, 0.15) is 0 Å². The summed E-state index contributed by atoms with van der Waals surface area (Å²) in [4.78, 5) is 0. The van der Waals surface area contributed by atoms with E-state index in [-0.39, 0.29) is 0 Å². The van der Waals surface area contributed by atoms with E-state index in [2.05, 4.69) is 36.5 Å². The molecule has 1 heterocycles. The predicted octanol–water partition coefficient (Wildman–Crippen LogP) is 2.50. The summed E-state index contributed by atoms with van der Waals surface area (Å²) in [6.07, 6.45) is 1.39. The second-order valence-electron chi connectivity index (χ2n) is 5.15. The maximum atomic E-state index is 5.63. The normalized spacial score (nSPS) is 32.2. The van der Waals surface area contributed by atoms with Crippen molar-refractivity contribution in [2.45, 2.75) is 26.0 Å². The van der Waals surface area contributed by atoms with Crippen LogP contribution in [0, 0.1) is 11.8 Å². The first-order valence-corrected chi connectivity index (χ1v) is 6.23. The number of benzene rings is 1. The van der Waals surface area contributed by atoms with Gasteiger partial charge in [-0.2, -0.15) is 0 Å². The third-order valence-electron chi connectivity index (χ3n) is 3.88. The minimum absolute atomic E-state index is 0.401. The molecule has 1 saturated carbocycles. The fourth-order valence-corrected chi connectivity index (χ4v) is 2.53. The molecule has 0 bridgehead atoms. The molecule has 1 aliphatic heterocycles. The van der Waals surface area contributed by atoms with Crippen molar-refractivity contribution in [3.05, 3.63) is 35.4 Å². The first-order valence-electron chi connectivity index (χ1n) is 6.23. The minimum Gasteiger partial charge on any atom is -0.375 e. The highest BCUT2D eigenvalue weighted by atomic mass is 16.5.